The van der Waals surface area contributed by atoms with Crippen LogP contribution >= 0.6 is 11.6 Å². The number of nitrogens with one attached hydrogen (secondary N) is 1. The number of rotatable bonds is 4. The Morgan fingerprint density at radius 3 is 2.84 bits per heavy atom. The van der Waals surface area contributed by atoms with Gasteiger partial charge in [-0.25, -0.2) is 0 Å². The van der Waals surface area contributed by atoms with Gasteiger partial charge in [0.2, 0.25) is 0 Å². The number of carbonyl (C=O) groups is 1. The first-order valence-corrected chi connectivity index (χ1v) is 7.42. The van der Waals surface area contributed by atoms with Crippen molar-refractivity contribution in [2.24, 2.45) is 11.8 Å². The molecule has 0 spiro atoms. The molecule has 0 atom stereocenters. The minimum Gasteiger partial charge on any atom is -0.352 e. The smallest absolute Gasteiger partial charge is 0.254 e. The zero-order chi connectivity index (χ0) is 13.7. The normalized spacial score (nSPS) is 23.1. The molecule has 19 heavy (non-hydrogen) atoms. The summed E-state index contributed by atoms with van der Waals surface area (Å²) in [5.41, 5.74) is 0.460. The Bertz CT molecular complexity index is 428. The number of hydrogen-bond acceptors (Lipinski definition) is 2. The lowest BCUT2D eigenvalue weighted by atomic mass is 9.81. The molecule has 1 aliphatic carbocycles. The molecule has 1 aliphatic rings. The van der Waals surface area contributed by atoms with Crippen LogP contribution in [0.1, 0.15) is 49.4 Å². The first-order chi connectivity index (χ1) is 9.16. The van der Waals surface area contributed by atoms with Gasteiger partial charge in [-0.05, 0) is 24.3 Å². The van der Waals surface area contributed by atoms with Crippen molar-refractivity contribution < 1.29 is 4.79 Å². The predicted octanol–water partition coefficient (Wildman–Crippen LogP) is 3.68. The summed E-state index contributed by atoms with van der Waals surface area (Å²) in [5, 5.41) is 3.39. The minimum absolute atomic E-state index is 0.123. The van der Waals surface area contributed by atoms with Crippen molar-refractivity contribution in [1.82, 2.24) is 10.3 Å². The highest BCUT2D eigenvalue weighted by atomic mass is 35.5. The minimum atomic E-state index is -0.123. The van der Waals surface area contributed by atoms with Gasteiger partial charge in [-0.1, -0.05) is 44.2 Å². The van der Waals surface area contributed by atoms with Gasteiger partial charge in [0.15, 0.2) is 0 Å². The average Bonchev–Trinajstić information content (AvgIpc) is 2.41. The fraction of sp³-hybridized carbons (Fsp3) is 0.600. The van der Waals surface area contributed by atoms with Crippen LogP contribution in [0, 0.1) is 11.8 Å². The van der Waals surface area contributed by atoms with Crippen LogP contribution < -0.4 is 5.32 Å². The van der Waals surface area contributed by atoms with Gasteiger partial charge in [0.1, 0.15) is 0 Å². The second-order valence-electron chi connectivity index (χ2n) is 5.53. The highest BCUT2D eigenvalue weighted by molar-refractivity contribution is 6.33. The van der Waals surface area contributed by atoms with Crippen LogP contribution in [0.2, 0.25) is 5.02 Å². The van der Waals surface area contributed by atoms with Gasteiger partial charge in [-0.15, -0.1) is 0 Å². The van der Waals surface area contributed by atoms with Crippen LogP contribution in [0.5, 0.6) is 0 Å². The van der Waals surface area contributed by atoms with Gasteiger partial charge in [0, 0.05) is 18.9 Å². The number of halogens is 1. The van der Waals surface area contributed by atoms with Crippen LogP contribution in [-0.4, -0.2) is 17.4 Å². The van der Waals surface area contributed by atoms with Crippen molar-refractivity contribution >= 4 is 17.5 Å². The molecule has 0 saturated heterocycles. The summed E-state index contributed by atoms with van der Waals surface area (Å²) in [7, 11) is 0. The second kappa shape index (κ2) is 6.90. The van der Waals surface area contributed by atoms with Crippen molar-refractivity contribution in [3.8, 4) is 0 Å². The summed E-state index contributed by atoms with van der Waals surface area (Å²) < 4.78 is 0. The first-order valence-electron chi connectivity index (χ1n) is 7.04. The fourth-order valence-electron chi connectivity index (χ4n) is 2.65. The Morgan fingerprint density at radius 1 is 1.42 bits per heavy atom. The highest BCUT2D eigenvalue weighted by Crippen LogP contribution is 2.29. The maximum Gasteiger partial charge on any atom is 0.254 e. The van der Waals surface area contributed by atoms with E-state index in [-0.39, 0.29) is 5.91 Å². The molecule has 0 unspecified atom stereocenters. The van der Waals surface area contributed by atoms with E-state index >= 15 is 0 Å². The Balaban J connectivity index is 1.74. The molecule has 0 radical (unpaired) electrons. The Morgan fingerprint density at radius 2 is 2.16 bits per heavy atom. The van der Waals surface area contributed by atoms with Crippen molar-refractivity contribution in [2.75, 3.05) is 6.54 Å². The van der Waals surface area contributed by atoms with Gasteiger partial charge in [0.25, 0.3) is 5.91 Å². The van der Waals surface area contributed by atoms with Crippen molar-refractivity contribution in [1.29, 1.82) is 0 Å². The lowest BCUT2D eigenvalue weighted by Gasteiger charge is -2.26. The van der Waals surface area contributed by atoms with Crippen LogP contribution in [0.3, 0.4) is 0 Å². The third-order valence-electron chi connectivity index (χ3n) is 3.99. The molecule has 0 bridgehead atoms. The summed E-state index contributed by atoms with van der Waals surface area (Å²) in [6.45, 7) is 3.05. The SMILES string of the molecule is CC1CCC(CCNC(=O)c2cnccc2Cl)CC1. The number of nitrogens with zero attached hydrogens (tertiary/aromatic N) is 1. The van der Waals surface area contributed by atoms with Crippen LogP contribution in [0.25, 0.3) is 0 Å². The zero-order valence-corrected chi connectivity index (χ0v) is 12.1. The molecular weight excluding hydrogens is 260 g/mol. The standard InChI is InChI=1S/C15H21ClN2O/c1-11-2-4-12(5-3-11)6-9-18-15(19)13-10-17-8-7-14(13)16/h7-8,10-12H,2-6,9H2,1H3,(H,18,19). The summed E-state index contributed by atoms with van der Waals surface area (Å²) in [6.07, 6.45) is 9.41. The lowest BCUT2D eigenvalue weighted by Crippen LogP contribution is -2.27. The molecule has 1 amide bonds. The van der Waals surface area contributed by atoms with Gasteiger partial charge in [-0.3, -0.25) is 9.78 Å². The Hall–Kier alpha value is -1.09. The third-order valence-corrected chi connectivity index (χ3v) is 4.32. The fourth-order valence-corrected chi connectivity index (χ4v) is 2.84. The molecule has 0 aromatic carbocycles. The molecule has 0 aliphatic heterocycles. The maximum atomic E-state index is 11.9. The summed E-state index contributed by atoms with van der Waals surface area (Å²) in [5.74, 6) is 1.52. The van der Waals surface area contributed by atoms with Crippen LogP contribution in [0.4, 0.5) is 0 Å². The molecule has 4 heteroatoms. The molecule has 2 rings (SSSR count). The molecule has 1 aromatic heterocycles. The van der Waals surface area contributed by atoms with E-state index in [0.29, 0.717) is 10.6 Å². The Kier molecular flexibility index (Phi) is 5.20. The second-order valence-corrected chi connectivity index (χ2v) is 5.93. The predicted molar refractivity (Wildman–Crippen MR) is 77.3 cm³/mol. The quantitative estimate of drug-likeness (QED) is 0.914. The topological polar surface area (TPSA) is 42.0 Å². The Labute approximate surface area is 119 Å². The number of carbonyl (C=O) groups excluding carboxylic acids is 1. The number of aromatic nitrogens is 1. The molecule has 1 N–H and O–H groups in total. The van der Waals surface area contributed by atoms with Crippen LogP contribution in [-0.2, 0) is 0 Å². The van der Waals surface area contributed by atoms with Crippen LogP contribution in [0.15, 0.2) is 18.5 Å². The van der Waals surface area contributed by atoms with Gasteiger partial charge in [-0.2, -0.15) is 0 Å². The largest absolute Gasteiger partial charge is 0.352 e. The van der Waals surface area contributed by atoms with Gasteiger partial charge in [0.05, 0.1) is 10.6 Å². The number of pyridine rings is 1. The van der Waals surface area contributed by atoms with E-state index in [1.165, 1.54) is 31.9 Å². The maximum absolute atomic E-state index is 11.9. The van der Waals surface area contributed by atoms with E-state index in [0.717, 1.165) is 24.8 Å². The third kappa shape index (κ3) is 4.20. The molecule has 1 aromatic rings. The summed E-state index contributed by atoms with van der Waals surface area (Å²) in [6, 6.07) is 1.64. The van der Waals surface area contributed by atoms with Gasteiger partial charge >= 0.3 is 0 Å². The average molecular weight is 281 g/mol. The summed E-state index contributed by atoms with van der Waals surface area (Å²) in [4.78, 5) is 15.9. The van der Waals surface area contributed by atoms with Gasteiger partial charge < -0.3 is 5.32 Å². The summed E-state index contributed by atoms with van der Waals surface area (Å²) >= 11 is 5.96. The monoisotopic (exact) mass is 280 g/mol. The zero-order valence-electron chi connectivity index (χ0n) is 11.4. The molecule has 104 valence electrons. The molecule has 1 saturated carbocycles. The number of amides is 1. The van der Waals surface area contributed by atoms with E-state index in [4.69, 9.17) is 11.6 Å². The van der Waals surface area contributed by atoms with E-state index in [2.05, 4.69) is 17.2 Å². The van der Waals surface area contributed by atoms with Crippen molar-refractivity contribution in [3.05, 3.63) is 29.0 Å². The van der Waals surface area contributed by atoms with E-state index in [1.807, 2.05) is 0 Å². The highest BCUT2D eigenvalue weighted by Gasteiger charge is 2.18. The molecular formula is C15H21ClN2O. The van der Waals surface area contributed by atoms with Crippen molar-refractivity contribution in [3.63, 3.8) is 0 Å². The van der Waals surface area contributed by atoms with E-state index in [1.54, 1.807) is 12.3 Å². The first kappa shape index (κ1) is 14.3. The van der Waals surface area contributed by atoms with Crippen molar-refractivity contribution in [2.45, 2.75) is 39.0 Å². The molecule has 3 nitrogen and oxygen atoms in total. The molecule has 1 heterocycles. The molecule has 1 fully saturated rings. The van der Waals surface area contributed by atoms with E-state index < -0.39 is 0 Å². The number of hydrogen-bond donors (Lipinski definition) is 1. The van der Waals surface area contributed by atoms with E-state index in [9.17, 15) is 4.79 Å². The lowest BCUT2D eigenvalue weighted by molar-refractivity contribution is 0.0949.